The van der Waals surface area contributed by atoms with Gasteiger partial charge in [0.05, 0.1) is 0 Å². The molecular formula is C17H31N5O2S2. The minimum atomic E-state index is -3.40. The van der Waals surface area contributed by atoms with E-state index in [9.17, 15) is 8.42 Å². The molecule has 1 aromatic heterocycles. The van der Waals surface area contributed by atoms with E-state index in [1.807, 2.05) is 0 Å². The molecule has 0 bridgehead atoms. The Hall–Kier alpha value is -1.16. The Labute approximate surface area is 161 Å². The lowest BCUT2D eigenvalue weighted by molar-refractivity contribution is 0.159. The molecule has 7 nitrogen and oxygen atoms in total. The monoisotopic (exact) mass is 401 g/mol. The van der Waals surface area contributed by atoms with Gasteiger partial charge in [-0.25, -0.2) is 13.1 Å². The van der Waals surface area contributed by atoms with Crippen molar-refractivity contribution in [1.82, 2.24) is 20.3 Å². The summed E-state index contributed by atoms with van der Waals surface area (Å²) in [5, 5.41) is 8.18. The molecule has 1 atom stereocenters. The van der Waals surface area contributed by atoms with E-state index in [-0.39, 0.29) is 0 Å². The summed E-state index contributed by atoms with van der Waals surface area (Å²) in [7, 11) is -1.68. The molecule has 2 heterocycles. The number of nitrogens with one attached hydrogen (secondary N) is 3. The van der Waals surface area contributed by atoms with E-state index in [4.69, 9.17) is 0 Å². The number of aliphatic imine (C=N–C) groups is 1. The fourth-order valence-corrected chi connectivity index (χ4v) is 5.12. The molecule has 1 saturated heterocycles. The van der Waals surface area contributed by atoms with E-state index in [0.717, 1.165) is 19.5 Å². The predicted molar refractivity (Wildman–Crippen MR) is 108 cm³/mol. The van der Waals surface area contributed by atoms with Crippen molar-refractivity contribution >= 4 is 27.3 Å². The fourth-order valence-electron chi connectivity index (χ4n) is 3.05. The summed E-state index contributed by atoms with van der Waals surface area (Å²) in [6, 6.07) is 4.02. The van der Waals surface area contributed by atoms with Crippen LogP contribution in [0, 0.1) is 0 Å². The van der Waals surface area contributed by atoms with Gasteiger partial charge in [-0.1, -0.05) is 12.5 Å². The summed E-state index contributed by atoms with van der Waals surface area (Å²) in [5.74, 6) is 0.701. The van der Waals surface area contributed by atoms with E-state index in [2.05, 4.69) is 32.2 Å². The molecule has 1 aliphatic rings. The second kappa shape index (κ2) is 10.9. The molecule has 148 valence electrons. The Morgan fingerprint density at radius 3 is 2.81 bits per heavy atom. The standard InChI is InChI=1S/C17H31N5O2S2/c1-15-7-3-4-12-22(15)13-6-9-19-17(18-2)20-10-11-21-26(23,24)16-8-5-14-25-16/h5,8,14-15,21H,3-4,6-7,9-13H2,1-2H3,(H2,18,19,20). The maximum absolute atomic E-state index is 12.0. The Kier molecular flexibility index (Phi) is 8.83. The maximum atomic E-state index is 12.0. The maximum Gasteiger partial charge on any atom is 0.250 e. The number of piperidine rings is 1. The van der Waals surface area contributed by atoms with Crippen molar-refractivity contribution in [3.8, 4) is 0 Å². The molecule has 3 N–H and O–H groups in total. The van der Waals surface area contributed by atoms with E-state index in [0.29, 0.717) is 29.3 Å². The molecular weight excluding hydrogens is 370 g/mol. The molecule has 2 rings (SSSR count). The molecule has 0 amide bonds. The lowest BCUT2D eigenvalue weighted by Gasteiger charge is -2.33. The van der Waals surface area contributed by atoms with E-state index < -0.39 is 10.0 Å². The molecule has 26 heavy (non-hydrogen) atoms. The lowest BCUT2D eigenvalue weighted by atomic mass is 10.0. The van der Waals surface area contributed by atoms with Crippen molar-refractivity contribution in [1.29, 1.82) is 0 Å². The van der Waals surface area contributed by atoms with Gasteiger partial charge < -0.3 is 15.5 Å². The predicted octanol–water partition coefficient (Wildman–Crippen LogP) is 1.46. The van der Waals surface area contributed by atoms with Crippen LogP contribution in [-0.2, 0) is 10.0 Å². The zero-order valence-electron chi connectivity index (χ0n) is 15.7. The number of nitrogens with zero attached hydrogens (tertiary/aromatic N) is 2. The Morgan fingerprint density at radius 1 is 1.31 bits per heavy atom. The van der Waals surface area contributed by atoms with Gasteiger partial charge in [0.1, 0.15) is 4.21 Å². The second-order valence-corrected chi connectivity index (χ2v) is 9.43. The third-order valence-corrected chi connectivity index (χ3v) is 7.41. The quantitative estimate of drug-likeness (QED) is 0.331. The average molecular weight is 402 g/mol. The minimum Gasteiger partial charge on any atom is -0.356 e. The first-order valence-electron chi connectivity index (χ1n) is 9.24. The first kappa shape index (κ1) is 21.1. The zero-order valence-corrected chi connectivity index (χ0v) is 17.3. The van der Waals surface area contributed by atoms with Crippen LogP contribution >= 0.6 is 11.3 Å². The highest BCUT2D eigenvalue weighted by Crippen LogP contribution is 2.16. The van der Waals surface area contributed by atoms with Crippen molar-refractivity contribution in [3.63, 3.8) is 0 Å². The Bertz CT molecular complexity index is 646. The largest absolute Gasteiger partial charge is 0.356 e. The van der Waals surface area contributed by atoms with Crippen LogP contribution in [0.1, 0.15) is 32.6 Å². The first-order valence-corrected chi connectivity index (χ1v) is 11.6. The fraction of sp³-hybridized carbons (Fsp3) is 0.706. The number of thiophene rings is 1. The van der Waals surface area contributed by atoms with Crippen LogP contribution in [0.4, 0.5) is 0 Å². The topological polar surface area (TPSA) is 85.8 Å². The summed E-state index contributed by atoms with van der Waals surface area (Å²) < 4.78 is 27.0. The SMILES string of the molecule is CN=C(NCCCN1CCCCC1C)NCCNS(=O)(=O)c1cccs1. The molecule has 9 heteroatoms. The van der Waals surface area contributed by atoms with Crippen LogP contribution in [0.3, 0.4) is 0 Å². The van der Waals surface area contributed by atoms with Gasteiger partial charge in [0.2, 0.25) is 10.0 Å². The number of guanidine groups is 1. The summed E-state index contributed by atoms with van der Waals surface area (Å²) in [6.45, 7) is 6.26. The molecule has 1 aliphatic heterocycles. The van der Waals surface area contributed by atoms with Crippen LogP contribution in [0.15, 0.2) is 26.7 Å². The highest BCUT2D eigenvalue weighted by atomic mass is 32.2. The number of rotatable bonds is 9. The van der Waals surface area contributed by atoms with Gasteiger partial charge in [0, 0.05) is 39.3 Å². The van der Waals surface area contributed by atoms with Crippen LogP contribution < -0.4 is 15.4 Å². The average Bonchev–Trinajstić information content (AvgIpc) is 3.17. The van der Waals surface area contributed by atoms with E-state index in [1.54, 1.807) is 24.6 Å². The van der Waals surface area contributed by atoms with E-state index in [1.165, 1.54) is 37.1 Å². The Balaban J connectivity index is 1.59. The van der Waals surface area contributed by atoms with Crippen LogP contribution in [-0.4, -0.2) is 65.1 Å². The van der Waals surface area contributed by atoms with Gasteiger partial charge >= 0.3 is 0 Å². The molecule has 0 saturated carbocycles. The van der Waals surface area contributed by atoms with Gasteiger partial charge in [-0.3, -0.25) is 4.99 Å². The van der Waals surface area contributed by atoms with Crippen molar-refractivity contribution in [2.45, 2.75) is 42.9 Å². The van der Waals surface area contributed by atoms with Crippen molar-refractivity contribution in [2.75, 3.05) is 39.8 Å². The number of hydrogen-bond acceptors (Lipinski definition) is 5. The lowest BCUT2D eigenvalue weighted by Crippen LogP contribution is -2.43. The Morgan fingerprint density at radius 2 is 2.12 bits per heavy atom. The summed E-state index contributed by atoms with van der Waals surface area (Å²) >= 11 is 1.21. The molecule has 0 aromatic carbocycles. The number of sulfonamides is 1. The smallest absolute Gasteiger partial charge is 0.250 e. The number of likely N-dealkylation sites (tertiary alicyclic amines) is 1. The normalized spacial score (nSPS) is 19.5. The third kappa shape index (κ3) is 6.86. The molecule has 0 aliphatic carbocycles. The molecule has 1 fully saturated rings. The first-order chi connectivity index (χ1) is 12.5. The second-order valence-electron chi connectivity index (χ2n) is 6.49. The van der Waals surface area contributed by atoms with Crippen molar-refractivity contribution in [3.05, 3.63) is 17.5 Å². The summed E-state index contributed by atoms with van der Waals surface area (Å²) in [6.07, 6.45) is 5.03. The zero-order chi connectivity index (χ0) is 18.8. The molecule has 1 aromatic rings. The highest BCUT2D eigenvalue weighted by molar-refractivity contribution is 7.91. The summed E-state index contributed by atoms with van der Waals surface area (Å²) in [5.41, 5.74) is 0. The molecule has 0 spiro atoms. The van der Waals surface area contributed by atoms with Gasteiger partial charge in [-0.15, -0.1) is 11.3 Å². The van der Waals surface area contributed by atoms with Gasteiger partial charge in [0.25, 0.3) is 0 Å². The van der Waals surface area contributed by atoms with Gasteiger partial charge in [-0.05, 0) is 44.2 Å². The third-order valence-electron chi connectivity index (χ3n) is 4.55. The molecule has 0 radical (unpaired) electrons. The van der Waals surface area contributed by atoms with Crippen LogP contribution in [0.5, 0.6) is 0 Å². The number of hydrogen-bond donors (Lipinski definition) is 3. The van der Waals surface area contributed by atoms with Crippen molar-refractivity contribution < 1.29 is 8.42 Å². The van der Waals surface area contributed by atoms with Crippen LogP contribution in [0.25, 0.3) is 0 Å². The van der Waals surface area contributed by atoms with E-state index >= 15 is 0 Å². The van der Waals surface area contributed by atoms with Gasteiger partial charge in [-0.2, -0.15) is 0 Å². The molecule has 1 unspecified atom stereocenters. The van der Waals surface area contributed by atoms with Crippen molar-refractivity contribution in [2.24, 2.45) is 4.99 Å². The van der Waals surface area contributed by atoms with Crippen LogP contribution in [0.2, 0.25) is 0 Å². The van der Waals surface area contributed by atoms with Gasteiger partial charge in [0.15, 0.2) is 5.96 Å². The highest BCUT2D eigenvalue weighted by Gasteiger charge is 2.17. The minimum absolute atomic E-state index is 0.312. The summed E-state index contributed by atoms with van der Waals surface area (Å²) in [4.78, 5) is 6.73.